The van der Waals surface area contributed by atoms with Gasteiger partial charge in [-0.1, -0.05) is 13.0 Å². The van der Waals surface area contributed by atoms with E-state index in [1.807, 2.05) is 4.90 Å². The molecule has 2 aliphatic heterocycles. The Morgan fingerprint density at radius 2 is 1.79 bits per heavy atom. The van der Waals surface area contributed by atoms with E-state index in [4.69, 9.17) is 4.74 Å². The van der Waals surface area contributed by atoms with Crippen molar-refractivity contribution in [1.82, 2.24) is 24.7 Å². The average Bonchev–Trinajstić information content (AvgIpc) is 3.48. The second-order valence-electron chi connectivity index (χ2n) is 10.9. The largest absolute Gasteiger partial charge is 0.453 e. The number of benzene rings is 2. The molecule has 0 aliphatic carbocycles. The van der Waals surface area contributed by atoms with Crippen LogP contribution in [-0.2, 0) is 25.7 Å². The van der Waals surface area contributed by atoms with Crippen molar-refractivity contribution < 1.29 is 27.1 Å². The zero-order chi connectivity index (χ0) is 30.1. The molecule has 2 aromatic heterocycles. The summed E-state index contributed by atoms with van der Waals surface area (Å²) < 4.78 is 63.0. The first-order valence-corrected chi connectivity index (χ1v) is 14.3. The monoisotopic (exact) mass is 596 g/mol. The smallest absolute Gasteiger partial charge is 0.416 e. The third-order valence-electron chi connectivity index (χ3n) is 8.17. The number of aromatic amines is 1. The third-order valence-corrected chi connectivity index (χ3v) is 8.17. The van der Waals surface area contributed by atoms with Crippen LogP contribution in [-0.4, -0.2) is 70.0 Å². The van der Waals surface area contributed by atoms with Crippen molar-refractivity contribution in [3.63, 3.8) is 0 Å². The number of hydrogen-bond donors (Lipinski definition) is 2. The summed E-state index contributed by atoms with van der Waals surface area (Å²) in [6.07, 6.45) is -0.896. The average molecular weight is 597 g/mol. The van der Waals surface area contributed by atoms with Crippen LogP contribution in [0.4, 0.5) is 28.0 Å². The van der Waals surface area contributed by atoms with Gasteiger partial charge in [-0.05, 0) is 66.1 Å². The number of hydrogen-bond acceptors (Lipinski definition) is 5. The molecular weight excluding hydrogens is 564 g/mol. The molecule has 0 bridgehead atoms. The Kier molecular flexibility index (Phi) is 7.97. The Morgan fingerprint density at radius 1 is 1.00 bits per heavy atom. The third kappa shape index (κ3) is 6.30. The molecule has 8 nitrogen and oxygen atoms in total. The molecule has 2 aliphatic rings. The molecule has 4 aromatic rings. The predicted molar refractivity (Wildman–Crippen MR) is 155 cm³/mol. The summed E-state index contributed by atoms with van der Waals surface area (Å²) in [4.78, 5) is 26.1. The summed E-state index contributed by atoms with van der Waals surface area (Å²) in [6, 6.07) is 9.84. The Hall–Kier alpha value is -4.16. The molecule has 43 heavy (non-hydrogen) atoms. The Bertz CT molecular complexity index is 1630. The summed E-state index contributed by atoms with van der Waals surface area (Å²) in [5, 5.41) is 3.33. The zero-order valence-electron chi connectivity index (χ0n) is 23.7. The minimum atomic E-state index is -4.56. The molecule has 2 N–H and O–H groups in total. The van der Waals surface area contributed by atoms with Gasteiger partial charge in [-0.3, -0.25) is 4.90 Å². The number of pyridine rings is 1. The fourth-order valence-corrected chi connectivity index (χ4v) is 5.71. The van der Waals surface area contributed by atoms with Crippen LogP contribution in [0.2, 0.25) is 0 Å². The Morgan fingerprint density at radius 3 is 2.56 bits per heavy atom. The number of rotatable bonds is 6. The molecule has 12 heteroatoms. The molecule has 2 aromatic carbocycles. The number of alkyl halides is 3. The number of H-pyrrole nitrogens is 1. The highest BCUT2D eigenvalue weighted by atomic mass is 19.4. The van der Waals surface area contributed by atoms with Crippen LogP contribution in [0.1, 0.15) is 29.2 Å². The molecule has 2 amide bonds. The molecule has 226 valence electrons. The van der Waals surface area contributed by atoms with Crippen molar-refractivity contribution in [3.8, 4) is 11.5 Å². The second kappa shape index (κ2) is 11.8. The van der Waals surface area contributed by atoms with E-state index in [0.29, 0.717) is 48.4 Å². The first-order chi connectivity index (χ1) is 20.7. The van der Waals surface area contributed by atoms with Crippen molar-refractivity contribution in [2.45, 2.75) is 32.6 Å². The fourth-order valence-electron chi connectivity index (χ4n) is 5.71. The van der Waals surface area contributed by atoms with E-state index < -0.39 is 23.6 Å². The SMILES string of the molecule is CCN1CCN(Cc2ccc(NC(=O)N3CCc4cc(F)c(Oc5ccnc6[nH]ccc56)cc4C3)cc2C(F)(F)F)CC1. The van der Waals surface area contributed by atoms with Gasteiger partial charge in [0.2, 0.25) is 0 Å². The highest BCUT2D eigenvalue weighted by Crippen LogP contribution is 2.36. The summed E-state index contributed by atoms with van der Waals surface area (Å²) in [7, 11) is 0. The molecular formula is C31H32F4N6O2. The second-order valence-corrected chi connectivity index (χ2v) is 10.9. The van der Waals surface area contributed by atoms with Gasteiger partial charge < -0.3 is 24.8 Å². The number of anilines is 1. The van der Waals surface area contributed by atoms with Crippen molar-refractivity contribution in [2.75, 3.05) is 44.6 Å². The van der Waals surface area contributed by atoms with Crippen LogP contribution in [0.5, 0.6) is 11.5 Å². The maximum absolute atomic E-state index is 14.9. The Balaban J connectivity index is 1.15. The van der Waals surface area contributed by atoms with Gasteiger partial charge in [-0.15, -0.1) is 0 Å². The van der Waals surface area contributed by atoms with E-state index in [1.165, 1.54) is 23.1 Å². The van der Waals surface area contributed by atoms with Gasteiger partial charge in [0, 0.05) is 63.9 Å². The number of urea groups is 1. The first kappa shape index (κ1) is 28.9. The minimum absolute atomic E-state index is 0.0104. The lowest BCUT2D eigenvalue weighted by Crippen LogP contribution is -2.45. The predicted octanol–water partition coefficient (Wildman–Crippen LogP) is 6.24. The molecule has 4 heterocycles. The number of halogens is 4. The van der Waals surface area contributed by atoms with Crippen molar-refractivity contribution in [2.24, 2.45) is 0 Å². The number of carbonyl (C=O) groups is 1. The van der Waals surface area contributed by atoms with Crippen LogP contribution >= 0.6 is 0 Å². The number of nitrogens with one attached hydrogen (secondary N) is 2. The lowest BCUT2D eigenvalue weighted by Gasteiger charge is -2.34. The molecule has 1 saturated heterocycles. The summed E-state index contributed by atoms with van der Waals surface area (Å²) in [5.74, 6) is -0.0805. The van der Waals surface area contributed by atoms with E-state index in [9.17, 15) is 22.4 Å². The van der Waals surface area contributed by atoms with Crippen LogP contribution in [0.15, 0.2) is 54.9 Å². The lowest BCUT2D eigenvalue weighted by molar-refractivity contribution is -0.138. The maximum Gasteiger partial charge on any atom is 0.416 e. The van der Waals surface area contributed by atoms with E-state index >= 15 is 0 Å². The molecule has 0 radical (unpaired) electrons. The lowest BCUT2D eigenvalue weighted by atomic mass is 9.99. The summed E-state index contributed by atoms with van der Waals surface area (Å²) in [5.41, 5.74) is 1.56. The summed E-state index contributed by atoms with van der Waals surface area (Å²) in [6.45, 7) is 6.70. The number of amides is 2. The molecule has 0 saturated carbocycles. The molecule has 0 atom stereocenters. The molecule has 1 fully saturated rings. The summed E-state index contributed by atoms with van der Waals surface area (Å²) >= 11 is 0. The van der Waals surface area contributed by atoms with Crippen LogP contribution < -0.4 is 10.1 Å². The van der Waals surface area contributed by atoms with Crippen molar-refractivity contribution in [3.05, 3.63) is 82.9 Å². The molecule has 0 spiro atoms. The highest BCUT2D eigenvalue weighted by Gasteiger charge is 2.34. The van der Waals surface area contributed by atoms with Crippen molar-refractivity contribution in [1.29, 1.82) is 0 Å². The molecule has 6 rings (SSSR count). The number of piperazine rings is 1. The highest BCUT2D eigenvalue weighted by molar-refractivity contribution is 5.89. The number of nitrogens with zero attached hydrogens (tertiary/aromatic N) is 4. The fraction of sp³-hybridized carbons (Fsp3) is 0.355. The van der Waals surface area contributed by atoms with Gasteiger partial charge in [0.25, 0.3) is 0 Å². The number of carbonyl (C=O) groups excluding carboxylic acids is 1. The minimum Gasteiger partial charge on any atom is -0.453 e. The van der Waals surface area contributed by atoms with Gasteiger partial charge in [-0.2, -0.15) is 13.2 Å². The van der Waals surface area contributed by atoms with E-state index in [1.54, 1.807) is 30.6 Å². The van der Waals surface area contributed by atoms with Crippen molar-refractivity contribution >= 4 is 22.8 Å². The standard InChI is InChI=1S/C31H32F4N6O2/c1-2-39-11-13-40(14-12-39)18-21-3-4-23(17-25(21)31(33,34)35)38-30(42)41-10-7-20-15-26(32)28(16-22(20)19-41)43-27-6-9-37-29-24(27)5-8-36-29/h3-6,8-9,15-17H,2,7,10-14,18-19H2,1H3,(H,36,37)(H,38,42). The number of ether oxygens (including phenoxy) is 1. The van der Waals surface area contributed by atoms with Crippen LogP contribution in [0.25, 0.3) is 11.0 Å². The Labute approximate surface area is 246 Å². The first-order valence-electron chi connectivity index (χ1n) is 14.3. The van der Waals surface area contributed by atoms with Crippen LogP contribution in [0, 0.1) is 5.82 Å². The molecule has 0 unspecified atom stereocenters. The quantitative estimate of drug-likeness (QED) is 0.258. The maximum atomic E-state index is 14.9. The number of aromatic nitrogens is 2. The van der Waals surface area contributed by atoms with E-state index in [-0.39, 0.29) is 30.1 Å². The van der Waals surface area contributed by atoms with E-state index in [2.05, 4.69) is 27.1 Å². The number of fused-ring (bicyclic) bond motifs is 2. The normalized spacial score (nSPS) is 16.3. The van der Waals surface area contributed by atoms with Gasteiger partial charge in [0.1, 0.15) is 11.4 Å². The van der Waals surface area contributed by atoms with Gasteiger partial charge >= 0.3 is 12.2 Å². The van der Waals surface area contributed by atoms with E-state index in [0.717, 1.165) is 31.3 Å². The van der Waals surface area contributed by atoms with Gasteiger partial charge in [0.05, 0.1) is 10.9 Å². The zero-order valence-corrected chi connectivity index (χ0v) is 23.7. The van der Waals surface area contributed by atoms with Gasteiger partial charge in [0.15, 0.2) is 11.6 Å². The van der Waals surface area contributed by atoms with Crippen LogP contribution in [0.3, 0.4) is 0 Å². The van der Waals surface area contributed by atoms with Gasteiger partial charge in [-0.25, -0.2) is 14.2 Å². The topological polar surface area (TPSA) is 76.7 Å². The number of likely N-dealkylation sites (N-methyl/N-ethyl adjacent to an activating group) is 1.